The Labute approximate surface area is 120 Å². The van der Waals surface area contributed by atoms with Crippen molar-refractivity contribution in [3.8, 4) is 0 Å². The molecule has 4 nitrogen and oxygen atoms in total. The van der Waals surface area contributed by atoms with Crippen molar-refractivity contribution in [2.24, 2.45) is 0 Å². The van der Waals surface area contributed by atoms with Crippen LogP contribution in [0.25, 0.3) is 0 Å². The second-order valence-electron chi connectivity index (χ2n) is 3.86. The molecule has 102 valence electrons. The molecule has 0 radical (unpaired) electrons. The van der Waals surface area contributed by atoms with Gasteiger partial charge in [-0.1, -0.05) is 23.7 Å². The fraction of sp³-hybridized carbons (Fsp3) is 0.167. The molecule has 0 amide bonds. The first-order valence-corrected chi connectivity index (χ1v) is 8.18. The van der Waals surface area contributed by atoms with Gasteiger partial charge in [0.2, 0.25) is 10.0 Å². The van der Waals surface area contributed by atoms with Gasteiger partial charge in [-0.25, -0.2) is 13.1 Å². The van der Waals surface area contributed by atoms with Gasteiger partial charge in [-0.15, -0.1) is 11.3 Å². The van der Waals surface area contributed by atoms with Crippen LogP contribution < -0.4 is 4.72 Å². The number of rotatable bonds is 5. The van der Waals surface area contributed by atoms with E-state index in [2.05, 4.69) is 4.72 Å². The highest BCUT2D eigenvalue weighted by Gasteiger charge is 2.15. The van der Waals surface area contributed by atoms with Gasteiger partial charge in [0.25, 0.3) is 0 Å². The van der Waals surface area contributed by atoms with E-state index in [1.165, 1.54) is 22.8 Å². The minimum atomic E-state index is -3.55. The number of hydrogen-bond acceptors (Lipinski definition) is 4. The van der Waals surface area contributed by atoms with Crippen molar-refractivity contribution in [3.05, 3.63) is 51.2 Å². The molecule has 0 saturated heterocycles. The van der Waals surface area contributed by atoms with Gasteiger partial charge < -0.3 is 5.11 Å². The standard InChI is InChI=1S/C12H12ClNO3S2/c13-10-3-1-2-9(4-10)6-14-19(16,17)12-5-11(7-15)18-8-12/h1-5,8,14-15H,6-7H2. The number of halogens is 1. The fourth-order valence-electron chi connectivity index (χ4n) is 1.49. The largest absolute Gasteiger partial charge is 0.391 e. The first kappa shape index (κ1) is 14.5. The summed E-state index contributed by atoms with van der Waals surface area (Å²) < 4.78 is 26.5. The Morgan fingerprint density at radius 2 is 2.11 bits per heavy atom. The summed E-state index contributed by atoms with van der Waals surface area (Å²) in [6.07, 6.45) is 0. The van der Waals surface area contributed by atoms with Crippen molar-refractivity contribution < 1.29 is 13.5 Å². The minimum Gasteiger partial charge on any atom is -0.391 e. The van der Waals surface area contributed by atoms with Crippen molar-refractivity contribution in [1.29, 1.82) is 0 Å². The smallest absolute Gasteiger partial charge is 0.241 e. The Bertz CT molecular complexity index is 667. The maximum atomic E-state index is 12.0. The molecule has 2 aromatic rings. The lowest BCUT2D eigenvalue weighted by molar-refractivity contribution is 0.285. The third-order valence-corrected chi connectivity index (χ3v) is 5.14. The Hall–Kier alpha value is -0.920. The summed E-state index contributed by atoms with van der Waals surface area (Å²) in [4.78, 5) is 0.784. The van der Waals surface area contributed by atoms with Gasteiger partial charge in [-0.2, -0.15) is 0 Å². The molecule has 0 aliphatic rings. The van der Waals surface area contributed by atoms with Gasteiger partial charge in [-0.3, -0.25) is 0 Å². The van der Waals surface area contributed by atoms with E-state index < -0.39 is 10.0 Å². The second-order valence-corrected chi connectivity index (χ2v) is 7.06. The number of aliphatic hydroxyl groups is 1. The van der Waals surface area contributed by atoms with E-state index >= 15 is 0 Å². The molecule has 0 spiro atoms. The van der Waals surface area contributed by atoms with Crippen molar-refractivity contribution in [2.75, 3.05) is 0 Å². The van der Waals surface area contributed by atoms with Crippen LogP contribution >= 0.6 is 22.9 Å². The van der Waals surface area contributed by atoms with Gasteiger partial charge in [0.05, 0.1) is 11.5 Å². The predicted octanol–water partition coefficient (Wildman–Crippen LogP) is 2.37. The maximum Gasteiger partial charge on any atom is 0.241 e. The molecule has 0 fully saturated rings. The Balaban J connectivity index is 2.09. The number of nitrogens with one attached hydrogen (secondary N) is 1. The normalized spacial score (nSPS) is 11.7. The Kier molecular flexibility index (Phi) is 4.59. The van der Waals surface area contributed by atoms with E-state index in [1.54, 1.807) is 24.3 Å². The lowest BCUT2D eigenvalue weighted by Gasteiger charge is -2.05. The van der Waals surface area contributed by atoms with E-state index in [-0.39, 0.29) is 18.0 Å². The number of thiophene rings is 1. The van der Waals surface area contributed by atoms with E-state index in [0.717, 1.165) is 5.56 Å². The molecule has 0 atom stereocenters. The van der Waals surface area contributed by atoms with Crippen molar-refractivity contribution in [3.63, 3.8) is 0 Å². The molecule has 0 aliphatic heterocycles. The first-order chi connectivity index (χ1) is 9.01. The average Bonchev–Trinajstić information content (AvgIpc) is 2.86. The zero-order valence-electron chi connectivity index (χ0n) is 9.84. The summed E-state index contributed by atoms with van der Waals surface area (Å²) in [5.74, 6) is 0. The highest BCUT2D eigenvalue weighted by atomic mass is 35.5. The molecule has 0 bridgehead atoms. The topological polar surface area (TPSA) is 66.4 Å². The molecule has 1 aromatic carbocycles. The molecule has 19 heavy (non-hydrogen) atoms. The van der Waals surface area contributed by atoms with E-state index in [0.29, 0.717) is 9.90 Å². The zero-order valence-corrected chi connectivity index (χ0v) is 12.2. The van der Waals surface area contributed by atoms with Crippen LogP contribution in [0.2, 0.25) is 5.02 Å². The lowest BCUT2D eigenvalue weighted by Crippen LogP contribution is -2.22. The third-order valence-electron chi connectivity index (χ3n) is 2.45. The molecule has 7 heteroatoms. The fourth-order valence-corrected chi connectivity index (χ4v) is 3.86. The zero-order chi connectivity index (χ0) is 13.9. The van der Waals surface area contributed by atoms with Gasteiger partial charge in [0.1, 0.15) is 0 Å². The van der Waals surface area contributed by atoms with Crippen LogP contribution in [0.1, 0.15) is 10.4 Å². The molecular weight excluding hydrogens is 306 g/mol. The Morgan fingerprint density at radius 1 is 1.32 bits per heavy atom. The summed E-state index contributed by atoms with van der Waals surface area (Å²) >= 11 is 7.04. The predicted molar refractivity (Wildman–Crippen MR) is 75.7 cm³/mol. The number of hydrogen-bond donors (Lipinski definition) is 2. The molecule has 2 rings (SSSR count). The quantitative estimate of drug-likeness (QED) is 0.889. The van der Waals surface area contributed by atoms with E-state index in [9.17, 15) is 8.42 Å². The average molecular weight is 318 g/mol. The van der Waals surface area contributed by atoms with Crippen LogP contribution in [-0.4, -0.2) is 13.5 Å². The third kappa shape index (κ3) is 3.77. The molecule has 2 N–H and O–H groups in total. The monoisotopic (exact) mass is 317 g/mol. The lowest BCUT2D eigenvalue weighted by atomic mass is 10.2. The van der Waals surface area contributed by atoms with Gasteiger partial charge in [0, 0.05) is 21.8 Å². The van der Waals surface area contributed by atoms with Crippen LogP contribution in [0, 0.1) is 0 Å². The molecule has 1 aromatic heterocycles. The summed E-state index contributed by atoms with van der Waals surface area (Å²) in [6.45, 7) is 0.0156. The minimum absolute atomic E-state index is 0.158. The van der Waals surface area contributed by atoms with Gasteiger partial charge >= 0.3 is 0 Å². The molecule has 0 aliphatic carbocycles. The molecular formula is C12H12ClNO3S2. The number of benzene rings is 1. The van der Waals surface area contributed by atoms with Crippen LogP contribution in [0.15, 0.2) is 40.6 Å². The summed E-state index contributed by atoms with van der Waals surface area (Å²) in [7, 11) is -3.55. The van der Waals surface area contributed by atoms with Crippen molar-refractivity contribution >= 4 is 33.0 Å². The maximum absolute atomic E-state index is 12.0. The summed E-state index contributed by atoms with van der Waals surface area (Å²) in [5, 5.41) is 11.0. The number of aliphatic hydroxyl groups excluding tert-OH is 1. The van der Waals surface area contributed by atoms with E-state index in [1.807, 2.05) is 0 Å². The van der Waals surface area contributed by atoms with Crippen LogP contribution in [0.3, 0.4) is 0 Å². The first-order valence-electron chi connectivity index (χ1n) is 5.43. The Morgan fingerprint density at radius 3 is 2.74 bits per heavy atom. The molecule has 0 saturated carbocycles. The van der Waals surface area contributed by atoms with Crippen molar-refractivity contribution in [2.45, 2.75) is 18.0 Å². The summed E-state index contributed by atoms with van der Waals surface area (Å²) in [5.41, 5.74) is 0.786. The van der Waals surface area contributed by atoms with Crippen LogP contribution in [0.5, 0.6) is 0 Å². The molecule has 1 heterocycles. The number of sulfonamides is 1. The summed E-state index contributed by atoms with van der Waals surface area (Å²) in [6, 6.07) is 8.45. The highest BCUT2D eigenvalue weighted by molar-refractivity contribution is 7.89. The van der Waals surface area contributed by atoms with Crippen LogP contribution in [0.4, 0.5) is 0 Å². The molecule has 0 unspecified atom stereocenters. The van der Waals surface area contributed by atoms with E-state index in [4.69, 9.17) is 16.7 Å². The van der Waals surface area contributed by atoms with Gasteiger partial charge in [0.15, 0.2) is 0 Å². The second kappa shape index (κ2) is 6.02. The SMILES string of the molecule is O=S(=O)(NCc1cccc(Cl)c1)c1csc(CO)c1. The van der Waals surface area contributed by atoms with Gasteiger partial charge in [-0.05, 0) is 23.8 Å². The van der Waals surface area contributed by atoms with Crippen LogP contribution in [-0.2, 0) is 23.2 Å². The highest BCUT2D eigenvalue weighted by Crippen LogP contribution is 2.19. The van der Waals surface area contributed by atoms with Crippen molar-refractivity contribution in [1.82, 2.24) is 4.72 Å².